The molecule has 104 valence electrons. The highest BCUT2D eigenvalue weighted by atomic mass is 32.2. The average molecular weight is 282 g/mol. The first-order valence-corrected chi connectivity index (χ1v) is 8.07. The van der Waals surface area contributed by atoms with E-state index in [9.17, 15) is 13.2 Å². The van der Waals surface area contributed by atoms with E-state index in [-0.39, 0.29) is 23.5 Å². The Morgan fingerprint density at radius 3 is 2.58 bits per heavy atom. The first-order valence-electron chi connectivity index (χ1n) is 6.25. The van der Waals surface area contributed by atoms with Crippen molar-refractivity contribution < 1.29 is 13.2 Å². The van der Waals surface area contributed by atoms with Crippen LogP contribution in [0.15, 0.2) is 18.2 Å². The number of aryl methyl sites for hydroxylation is 1. The minimum Gasteiger partial charge on any atom is -0.399 e. The zero-order chi connectivity index (χ0) is 14.0. The zero-order valence-corrected chi connectivity index (χ0v) is 11.7. The number of hydrogen-bond donors (Lipinski definition) is 2. The molecular formula is C13H18N2O3S. The van der Waals surface area contributed by atoms with Crippen LogP contribution in [0, 0.1) is 6.92 Å². The van der Waals surface area contributed by atoms with E-state index in [2.05, 4.69) is 5.32 Å². The topological polar surface area (TPSA) is 89.3 Å². The molecule has 0 radical (unpaired) electrons. The van der Waals surface area contributed by atoms with Crippen molar-refractivity contribution in [3.8, 4) is 0 Å². The molecule has 1 heterocycles. The Morgan fingerprint density at radius 1 is 1.32 bits per heavy atom. The lowest BCUT2D eigenvalue weighted by molar-refractivity contribution is 0.0933. The summed E-state index contributed by atoms with van der Waals surface area (Å²) in [5, 5.41) is 2.88. The van der Waals surface area contributed by atoms with Gasteiger partial charge in [-0.3, -0.25) is 4.79 Å². The van der Waals surface area contributed by atoms with E-state index >= 15 is 0 Å². The van der Waals surface area contributed by atoms with E-state index in [1.807, 2.05) is 6.92 Å². The number of carbonyl (C=O) groups excluding carboxylic acids is 1. The number of carbonyl (C=O) groups is 1. The van der Waals surface area contributed by atoms with Crippen LogP contribution in [0.1, 0.15) is 28.8 Å². The lowest BCUT2D eigenvalue weighted by Gasteiger charge is -2.23. The molecule has 3 N–H and O–H groups in total. The molecule has 2 rings (SSSR count). The molecule has 1 aromatic rings. The van der Waals surface area contributed by atoms with Crippen LogP contribution < -0.4 is 11.1 Å². The van der Waals surface area contributed by atoms with Crippen LogP contribution in [0.25, 0.3) is 0 Å². The third kappa shape index (κ3) is 3.47. The summed E-state index contributed by atoms with van der Waals surface area (Å²) in [6.07, 6.45) is 0.963. The summed E-state index contributed by atoms with van der Waals surface area (Å²) in [6.45, 7) is 1.85. The molecule has 1 saturated heterocycles. The minimum absolute atomic E-state index is 0.0724. The fourth-order valence-corrected chi connectivity index (χ4v) is 3.67. The number of sulfone groups is 1. The Balaban J connectivity index is 2.04. The highest BCUT2D eigenvalue weighted by molar-refractivity contribution is 7.91. The van der Waals surface area contributed by atoms with Gasteiger partial charge < -0.3 is 11.1 Å². The van der Waals surface area contributed by atoms with Crippen LogP contribution in [0.3, 0.4) is 0 Å². The highest BCUT2D eigenvalue weighted by Crippen LogP contribution is 2.16. The van der Waals surface area contributed by atoms with E-state index < -0.39 is 9.84 Å². The number of nitrogen functional groups attached to an aromatic ring is 1. The van der Waals surface area contributed by atoms with Crippen LogP contribution >= 0.6 is 0 Å². The number of nitrogens with one attached hydrogen (secondary N) is 1. The van der Waals surface area contributed by atoms with E-state index in [4.69, 9.17) is 5.73 Å². The van der Waals surface area contributed by atoms with Crippen molar-refractivity contribution >= 4 is 21.4 Å². The predicted octanol–water partition coefficient (Wildman–Crippen LogP) is 0.884. The van der Waals surface area contributed by atoms with Crippen molar-refractivity contribution in [1.82, 2.24) is 5.32 Å². The van der Waals surface area contributed by atoms with Gasteiger partial charge in [0.15, 0.2) is 0 Å². The molecule has 0 spiro atoms. The number of nitrogens with two attached hydrogens (primary N) is 1. The number of anilines is 1. The molecule has 0 saturated carbocycles. The fraction of sp³-hybridized carbons (Fsp3) is 0.462. The van der Waals surface area contributed by atoms with Crippen molar-refractivity contribution in [3.63, 3.8) is 0 Å². The van der Waals surface area contributed by atoms with E-state index in [1.54, 1.807) is 18.2 Å². The number of hydrogen-bond acceptors (Lipinski definition) is 4. The Labute approximate surface area is 113 Å². The van der Waals surface area contributed by atoms with Gasteiger partial charge in [0.2, 0.25) is 0 Å². The molecule has 0 bridgehead atoms. The third-order valence-electron chi connectivity index (χ3n) is 3.40. The van der Waals surface area contributed by atoms with E-state index in [0.29, 0.717) is 24.1 Å². The largest absolute Gasteiger partial charge is 0.399 e. The summed E-state index contributed by atoms with van der Waals surface area (Å²) in [7, 11) is -2.90. The Morgan fingerprint density at radius 2 is 1.95 bits per heavy atom. The van der Waals surface area contributed by atoms with Gasteiger partial charge in [-0.1, -0.05) is 6.07 Å². The number of benzene rings is 1. The average Bonchev–Trinajstić information content (AvgIpc) is 2.35. The van der Waals surface area contributed by atoms with Crippen LogP contribution in [-0.2, 0) is 9.84 Å². The van der Waals surface area contributed by atoms with Gasteiger partial charge in [0, 0.05) is 17.3 Å². The Hall–Kier alpha value is -1.56. The van der Waals surface area contributed by atoms with Crippen molar-refractivity contribution in [3.05, 3.63) is 29.3 Å². The maximum Gasteiger partial charge on any atom is 0.251 e. The monoisotopic (exact) mass is 282 g/mol. The van der Waals surface area contributed by atoms with Crippen molar-refractivity contribution in [2.45, 2.75) is 25.8 Å². The second-order valence-corrected chi connectivity index (χ2v) is 7.28. The normalized spacial score (nSPS) is 19.0. The molecule has 5 nitrogen and oxygen atoms in total. The second kappa shape index (κ2) is 5.21. The lowest BCUT2D eigenvalue weighted by Crippen LogP contribution is -2.41. The maximum atomic E-state index is 12.1. The predicted molar refractivity (Wildman–Crippen MR) is 74.7 cm³/mol. The van der Waals surface area contributed by atoms with Gasteiger partial charge in [-0.15, -0.1) is 0 Å². The molecule has 1 amide bonds. The van der Waals surface area contributed by atoms with Crippen molar-refractivity contribution in [1.29, 1.82) is 0 Å². The Bertz CT molecular complexity index is 582. The third-order valence-corrected chi connectivity index (χ3v) is 5.11. The quantitative estimate of drug-likeness (QED) is 0.788. The fourth-order valence-electron chi connectivity index (χ4n) is 2.18. The number of rotatable bonds is 2. The van der Waals surface area contributed by atoms with Gasteiger partial charge in [0.25, 0.3) is 5.91 Å². The first-order chi connectivity index (χ1) is 8.87. The zero-order valence-electron chi connectivity index (χ0n) is 10.8. The summed E-state index contributed by atoms with van der Waals surface area (Å²) < 4.78 is 22.6. The molecule has 0 unspecified atom stereocenters. The molecule has 19 heavy (non-hydrogen) atoms. The SMILES string of the molecule is Cc1ccc(N)cc1C(=O)NC1CCS(=O)(=O)CC1. The summed E-state index contributed by atoms with van der Waals surface area (Å²) in [5.74, 6) is 0.107. The standard InChI is InChI=1S/C13H18N2O3S/c1-9-2-3-10(14)8-12(9)13(16)15-11-4-6-19(17,18)7-5-11/h2-3,8,11H,4-7,14H2,1H3,(H,15,16). The van der Waals surface area contributed by atoms with Gasteiger partial charge in [-0.2, -0.15) is 0 Å². The van der Waals surface area contributed by atoms with E-state index in [0.717, 1.165) is 5.56 Å². The van der Waals surface area contributed by atoms with Gasteiger partial charge in [0.1, 0.15) is 9.84 Å². The van der Waals surface area contributed by atoms with Crippen LogP contribution in [0.2, 0.25) is 0 Å². The summed E-state index contributed by atoms with van der Waals surface area (Å²) >= 11 is 0. The molecule has 1 aliphatic heterocycles. The van der Waals surface area contributed by atoms with Gasteiger partial charge in [-0.05, 0) is 37.5 Å². The minimum atomic E-state index is -2.90. The maximum absolute atomic E-state index is 12.1. The first kappa shape index (κ1) is 13.9. The second-order valence-electron chi connectivity index (χ2n) is 4.97. The van der Waals surface area contributed by atoms with Crippen molar-refractivity contribution in [2.24, 2.45) is 0 Å². The van der Waals surface area contributed by atoms with Crippen LogP contribution in [0.5, 0.6) is 0 Å². The smallest absolute Gasteiger partial charge is 0.251 e. The Kier molecular flexibility index (Phi) is 3.80. The van der Waals surface area contributed by atoms with Crippen LogP contribution in [0.4, 0.5) is 5.69 Å². The molecule has 1 aromatic carbocycles. The van der Waals surface area contributed by atoms with Gasteiger partial charge in [0.05, 0.1) is 11.5 Å². The van der Waals surface area contributed by atoms with Gasteiger partial charge in [-0.25, -0.2) is 8.42 Å². The molecule has 0 aromatic heterocycles. The van der Waals surface area contributed by atoms with Crippen LogP contribution in [-0.4, -0.2) is 31.9 Å². The molecule has 0 atom stereocenters. The molecule has 6 heteroatoms. The summed E-state index contributed by atoms with van der Waals surface area (Å²) in [5.41, 5.74) is 7.62. The van der Waals surface area contributed by atoms with E-state index in [1.165, 1.54) is 0 Å². The molecular weight excluding hydrogens is 264 g/mol. The molecule has 1 aliphatic rings. The molecule has 1 fully saturated rings. The summed E-state index contributed by atoms with van der Waals surface area (Å²) in [6, 6.07) is 5.12. The number of amides is 1. The van der Waals surface area contributed by atoms with Gasteiger partial charge >= 0.3 is 0 Å². The molecule has 0 aliphatic carbocycles. The van der Waals surface area contributed by atoms with Crippen molar-refractivity contribution in [2.75, 3.05) is 17.2 Å². The highest BCUT2D eigenvalue weighted by Gasteiger charge is 2.25. The summed E-state index contributed by atoms with van der Waals surface area (Å²) in [4.78, 5) is 12.1. The lowest BCUT2D eigenvalue weighted by atomic mass is 10.1.